The van der Waals surface area contributed by atoms with Crippen molar-refractivity contribution in [3.05, 3.63) is 59.1 Å². The summed E-state index contributed by atoms with van der Waals surface area (Å²) in [5.74, 6) is -1.51. The predicted molar refractivity (Wildman–Crippen MR) is 100.0 cm³/mol. The highest BCUT2D eigenvalue weighted by Crippen LogP contribution is 2.31. The Morgan fingerprint density at radius 3 is 2.40 bits per heavy atom. The molecule has 3 nitrogen and oxygen atoms in total. The number of hydrogen-bond acceptors (Lipinski definition) is 2. The number of hydrogen-bond donors (Lipinski definition) is 0. The lowest BCUT2D eigenvalue weighted by atomic mass is 10.2. The minimum absolute atomic E-state index is 0.0359. The van der Waals surface area contributed by atoms with E-state index in [2.05, 4.69) is 15.9 Å². The lowest BCUT2D eigenvalue weighted by molar-refractivity contribution is 0.557. The molecule has 0 N–H and O–H groups in total. The summed E-state index contributed by atoms with van der Waals surface area (Å²) >= 11 is 9.11. The van der Waals surface area contributed by atoms with Crippen molar-refractivity contribution in [1.82, 2.24) is 0 Å². The summed E-state index contributed by atoms with van der Waals surface area (Å²) in [5, 5.41) is 1.06. The van der Waals surface area contributed by atoms with Crippen LogP contribution >= 0.6 is 27.5 Å². The summed E-state index contributed by atoms with van der Waals surface area (Å²) in [5.41, 5.74) is -0.308. The average molecular weight is 453 g/mol. The van der Waals surface area contributed by atoms with Crippen molar-refractivity contribution in [2.45, 2.75) is 30.7 Å². The van der Waals surface area contributed by atoms with E-state index in [1.165, 1.54) is 24.3 Å². The van der Waals surface area contributed by atoms with Gasteiger partial charge in [-0.25, -0.2) is 17.2 Å². The van der Waals surface area contributed by atoms with E-state index >= 15 is 0 Å². The molecule has 0 bridgehead atoms. The first-order valence-electron chi connectivity index (χ1n) is 7.58. The Bertz CT molecular complexity index is 831. The molecule has 0 amide bonds. The van der Waals surface area contributed by atoms with Crippen molar-refractivity contribution in [3.8, 4) is 0 Å². The molecule has 0 aliphatic carbocycles. The molecule has 136 valence electrons. The lowest BCUT2D eigenvalue weighted by Crippen LogP contribution is -2.39. The second-order valence-corrected chi connectivity index (χ2v) is 8.58. The fourth-order valence-corrected chi connectivity index (χ4v) is 4.60. The van der Waals surface area contributed by atoms with Crippen molar-refractivity contribution in [2.75, 3.05) is 9.64 Å². The van der Waals surface area contributed by atoms with E-state index in [0.717, 1.165) is 22.5 Å². The fourth-order valence-electron chi connectivity index (χ4n) is 2.47. The van der Waals surface area contributed by atoms with Gasteiger partial charge in [-0.15, -0.1) is 0 Å². The molecular weight excluding hydrogens is 436 g/mol. The monoisotopic (exact) mass is 451 g/mol. The Morgan fingerprint density at radius 2 is 1.80 bits per heavy atom. The van der Waals surface area contributed by atoms with Gasteiger partial charge in [0, 0.05) is 22.5 Å². The van der Waals surface area contributed by atoms with E-state index in [1.54, 1.807) is 6.92 Å². The van der Waals surface area contributed by atoms with Crippen molar-refractivity contribution in [2.24, 2.45) is 0 Å². The Balaban J connectivity index is 2.57. The Morgan fingerprint density at radius 1 is 1.16 bits per heavy atom. The molecule has 1 atom stereocenters. The van der Waals surface area contributed by atoms with Gasteiger partial charge in [0.15, 0.2) is 0 Å². The number of benzene rings is 2. The molecule has 8 heteroatoms. The van der Waals surface area contributed by atoms with Crippen LogP contribution < -0.4 is 4.31 Å². The minimum atomic E-state index is -4.09. The largest absolute Gasteiger partial charge is 0.264 e. The van der Waals surface area contributed by atoms with Gasteiger partial charge in [-0.05, 0) is 56.2 Å². The molecule has 0 unspecified atom stereocenters. The third kappa shape index (κ3) is 4.71. The zero-order valence-electron chi connectivity index (χ0n) is 13.4. The molecule has 0 aliphatic rings. The molecule has 25 heavy (non-hydrogen) atoms. The Labute approximate surface area is 159 Å². The van der Waals surface area contributed by atoms with E-state index in [4.69, 9.17) is 11.6 Å². The molecule has 0 aromatic heterocycles. The topological polar surface area (TPSA) is 37.4 Å². The zero-order chi connectivity index (χ0) is 18.6. The van der Waals surface area contributed by atoms with E-state index in [0.29, 0.717) is 23.2 Å². The first-order valence-corrected chi connectivity index (χ1v) is 10.5. The average Bonchev–Trinajstić information content (AvgIpc) is 2.56. The van der Waals surface area contributed by atoms with Crippen LogP contribution in [0.25, 0.3) is 0 Å². The van der Waals surface area contributed by atoms with E-state index in [9.17, 15) is 17.2 Å². The third-order valence-electron chi connectivity index (χ3n) is 3.67. The van der Waals surface area contributed by atoms with Crippen LogP contribution in [0, 0.1) is 11.6 Å². The lowest BCUT2D eigenvalue weighted by Gasteiger charge is -2.31. The van der Waals surface area contributed by atoms with Crippen LogP contribution in [0.15, 0.2) is 47.4 Å². The summed E-state index contributed by atoms with van der Waals surface area (Å²) in [6.45, 7) is 1.67. The van der Waals surface area contributed by atoms with E-state index in [-0.39, 0.29) is 10.6 Å². The van der Waals surface area contributed by atoms with Gasteiger partial charge >= 0.3 is 0 Å². The quantitative estimate of drug-likeness (QED) is 0.529. The highest BCUT2D eigenvalue weighted by atomic mass is 79.9. The minimum Gasteiger partial charge on any atom is -0.260 e. The van der Waals surface area contributed by atoms with Crippen LogP contribution in [-0.4, -0.2) is 19.8 Å². The molecular formula is C17H17BrClF2NO2S. The molecule has 2 rings (SSSR count). The van der Waals surface area contributed by atoms with Crippen LogP contribution in [0.4, 0.5) is 14.5 Å². The first kappa shape index (κ1) is 20.1. The fraction of sp³-hybridized carbons (Fsp3) is 0.294. The molecule has 0 radical (unpaired) electrons. The van der Waals surface area contributed by atoms with Gasteiger partial charge < -0.3 is 0 Å². The number of sulfonamides is 1. The van der Waals surface area contributed by atoms with Crippen LogP contribution in [0.3, 0.4) is 0 Å². The van der Waals surface area contributed by atoms with Gasteiger partial charge in [0.1, 0.15) is 11.6 Å². The van der Waals surface area contributed by atoms with Crippen molar-refractivity contribution in [1.29, 1.82) is 0 Å². The van der Waals surface area contributed by atoms with E-state index < -0.39 is 27.7 Å². The van der Waals surface area contributed by atoms with Gasteiger partial charge in [0.05, 0.1) is 10.6 Å². The number of anilines is 1. The molecule has 0 saturated carbocycles. The maximum absolute atomic E-state index is 14.3. The number of halogens is 4. The molecule has 0 spiro atoms. The summed E-state index contributed by atoms with van der Waals surface area (Å²) in [6, 6.07) is 7.79. The van der Waals surface area contributed by atoms with Gasteiger partial charge in [-0.2, -0.15) is 0 Å². The summed E-state index contributed by atoms with van der Waals surface area (Å²) in [7, 11) is -4.09. The van der Waals surface area contributed by atoms with Crippen molar-refractivity contribution < 1.29 is 17.2 Å². The van der Waals surface area contributed by atoms with Crippen LogP contribution in [-0.2, 0) is 10.0 Å². The molecule has 0 heterocycles. The van der Waals surface area contributed by atoms with Gasteiger partial charge in [-0.3, -0.25) is 4.31 Å². The Kier molecular flexibility index (Phi) is 6.82. The highest BCUT2D eigenvalue weighted by molar-refractivity contribution is 9.09. The highest BCUT2D eigenvalue weighted by Gasteiger charge is 2.31. The van der Waals surface area contributed by atoms with Crippen LogP contribution in [0.1, 0.15) is 19.8 Å². The number of alkyl halides is 1. The van der Waals surface area contributed by atoms with Gasteiger partial charge in [0.2, 0.25) is 0 Å². The van der Waals surface area contributed by atoms with Crippen molar-refractivity contribution in [3.63, 3.8) is 0 Å². The third-order valence-corrected chi connectivity index (χ3v) is 6.43. The normalized spacial score (nSPS) is 12.8. The van der Waals surface area contributed by atoms with Gasteiger partial charge in [-0.1, -0.05) is 27.5 Å². The SMILES string of the molecule is C[C@H](CCCBr)N(c1cc(F)ccc1F)S(=O)(=O)c1ccc(Cl)cc1. The summed E-state index contributed by atoms with van der Waals surface area (Å²) in [4.78, 5) is -0.0359. The molecule has 0 saturated heterocycles. The molecule has 2 aromatic rings. The number of rotatable bonds is 7. The zero-order valence-corrected chi connectivity index (χ0v) is 16.6. The smallest absolute Gasteiger partial charge is 0.260 e. The second-order valence-electron chi connectivity index (χ2n) is 5.53. The summed E-state index contributed by atoms with van der Waals surface area (Å²) < 4.78 is 55.1. The maximum atomic E-state index is 14.3. The molecule has 0 aliphatic heterocycles. The van der Waals surface area contributed by atoms with Crippen LogP contribution in [0.2, 0.25) is 5.02 Å². The predicted octanol–water partition coefficient (Wildman–Crippen LogP) is 5.38. The maximum Gasteiger partial charge on any atom is 0.264 e. The molecule has 2 aromatic carbocycles. The van der Waals surface area contributed by atoms with Crippen LogP contribution in [0.5, 0.6) is 0 Å². The van der Waals surface area contributed by atoms with E-state index in [1.807, 2.05) is 0 Å². The van der Waals surface area contributed by atoms with Gasteiger partial charge in [0.25, 0.3) is 10.0 Å². The second kappa shape index (κ2) is 8.47. The first-order chi connectivity index (χ1) is 11.8. The summed E-state index contributed by atoms with van der Waals surface area (Å²) in [6.07, 6.45) is 1.17. The number of nitrogens with zero attached hydrogens (tertiary/aromatic N) is 1. The standard InChI is InChI=1S/C17H17BrClF2NO2S/c1-12(3-2-10-18)22(17-11-14(20)6-9-16(17)21)25(23,24)15-7-4-13(19)5-8-15/h4-9,11-12H,2-3,10H2,1H3/t12-/m1/s1. The molecule has 0 fully saturated rings. The Hall–Kier alpha value is -1.18. The van der Waals surface area contributed by atoms with Crippen molar-refractivity contribution >= 4 is 43.2 Å².